The molecule has 0 saturated carbocycles. The lowest BCUT2D eigenvalue weighted by molar-refractivity contribution is -0.125. The van der Waals surface area contributed by atoms with E-state index in [-0.39, 0.29) is 17.2 Å². The predicted molar refractivity (Wildman–Crippen MR) is 102 cm³/mol. The summed E-state index contributed by atoms with van der Waals surface area (Å²) in [6.07, 6.45) is -0.272. The van der Waals surface area contributed by atoms with E-state index in [0.29, 0.717) is 22.8 Å². The van der Waals surface area contributed by atoms with Crippen LogP contribution in [0.1, 0.15) is 6.42 Å². The Morgan fingerprint density at radius 2 is 1.63 bits per heavy atom. The zero-order valence-corrected chi connectivity index (χ0v) is 15.9. The molecule has 0 aliphatic carbocycles. The van der Waals surface area contributed by atoms with E-state index < -0.39 is 15.9 Å². The fraction of sp³-hybridized carbons (Fsp3) is 0.222. The molecule has 142 valence electrons. The van der Waals surface area contributed by atoms with Crippen LogP contribution >= 0.6 is 0 Å². The minimum Gasteiger partial charge on any atom is -0.497 e. The third-order valence-electron chi connectivity index (χ3n) is 4.35. The molecule has 0 unspecified atom stereocenters. The average Bonchev–Trinajstić information content (AvgIpc) is 2.72. The Bertz CT molecular complexity index is 1020. The van der Waals surface area contributed by atoms with Crippen LogP contribution in [0, 0.1) is 0 Å². The molecule has 1 aliphatic heterocycles. The molecular formula is C18H19N3O5S. The van der Waals surface area contributed by atoms with Gasteiger partial charge in [-0.1, -0.05) is 6.07 Å². The first-order valence-electron chi connectivity index (χ1n) is 8.07. The van der Waals surface area contributed by atoms with Crippen molar-refractivity contribution in [2.45, 2.75) is 11.3 Å². The lowest BCUT2D eigenvalue weighted by atomic mass is 10.2. The Kier molecular flexibility index (Phi) is 4.79. The summed E-state index contributed by atoms with van der Waals surface area (Å²) < 4.78 is 33.1. The Labute approximate surface area is 157 Å². The lowest BCUT2D eigenvalue weighted by Gasteiger charge is -2.21. The monoisotopic (exact) mass is 389 g/mol. The number of anilines is 3. The molecule has 0 spiro atoms. The van der Waals surface area contributed by atoms with E-state index >= 15 is 0 Å². The zero-order chi connectivity index (χ0) is 19.8. The molecule has 0 bridgehead atoms. The third kappa shape index (κ3) is 3.59. The summed E-state index contributed by atoms with van der Waals surface area (Å²) in [5, 5.41) is 0. The van der Waals surface area contributed by atoms with Crippen LogP contribution < -0.4 is 19.3 Å². The summed E-state index contributed by atoms with van der Waals surface area (Å²) in [6.45, 7) is 0. The number of fused-ring (bicyclic) bond motifs is 1. The molecule has 0 saturated heterocycles. The number of nitrogens with zero attached hydrogens (tertiary/aromatic N) is 2. The van der Waals surface area contributed by atoms with Gasteiger partial charge in [0.15, 0.2) is 0 Å². The number of hydrogen-bond acceptors (Lipinski definition) is 5. The zero-order valence-electron chi connectivity index (χ0n) is 15.1. The van der Waals surface area contributed by atoms with Gasteiger partial charge in [0.05, 0.1) is 29.1 Å². The first-order valence-corrected chi connectivity index (χ1v) is 9.55. The van der Waals surface area contributed by atoms with E-state index in [1.165, 1.54) is 42.2 Å². The molecule has 27 heavy (non-hydrogen) atoms. The second kappa shape index (κ2) is 6.92. The molecular weight excluding hydrogens is 370 g/mol. The van der Waals surface area contributed by atoms with Crippen LogP contribution in [-0.4, -0.2) is 41.4 Å². The van der Waals surface area contributed by atoms with Crippen molar-refractivity contribution in [3.05, 3.63) is 42.5 Å². The molecule has 0 fully saturated rings. The van der Waals surface area contributed by atoms with Gasteiger partial charge in [-0.15, -0.1) is 0 Å². The average molecular weight is 389 g/mol. The van der Waals surface area contributed by atoms with Crippen LogP contribution in [0.4, 0.5) is 17.1 Å². The fourth-order valence-corrected chi connectivity index (χ4v) is 3.83. The fourth-order valence-electron chi connectivity index (χ4n) is 2.76. The molecule has 0 aromatic heterocycles. The van der Waals surface area contributed by atoms with Crippen molar-refractivity contribution < 1.29 is 22.7 Å². The van der Waals surface area contributed by atoms with Crippen molar-refractivity contribution in [2.24, 2.45) is 0 Å². The number of benzene rings is 2. The van der Waals surface area contributed by atoms with Gasteiger partial charge in [-0.2, -0.15) is 0 Å². The highest BCUT2D eigenvalue weighted by Gasteiger charge is 2.29. The third-order valence-corrected chi connectivity index (χ3v) is 5.73. The Morgan fingerprint density at radius 3 is 2.30 bits per heavy atom. The molecule has 2 aromatic carbocycles. The Morgan fingerprint density at radius 1 is 0.963 bits per heavy atom. The molecule has 1 N–H and O–H groups in total. The highest BCUT2D eigenvalue weighted by molar-refractivity contribution is 7.92. The topological polar surface area (TPSA) is 96.0 Å². The van der Waals surface area contributed by atoms with Crippen molar-refractivity contribution in [2.75, 3.05) is 35.7 Å². The van der Waals surface area contributed by atoms with Gasteiger partial charge >= 0.3 is 0 Å². The second-order valence-electron chi connectivity index (χ2n) is 6.07. The van der Waals surface area contributed by atoms with E-state index in [9.17, 15) is 18.0 Å². The van der Waals surface area contributed by atoms with Crippen molar-refractivity contribution >= 4 is 38.9 Å². The van der Waals surface area contributed by atoms with E-state index in [1.807, 2.05) is 0 Å². The van der Waals surface area contributed by atoms with Crippen molar-refractivity contribution in [3.8, 4) is 5.75 Å². The van der Waals surface area contributed by atoms with Crippen LogP contribution in [0.5, 0.6) is 5.75 Å². The maximum Gasteiger partial charge on any atom is 0.261 e. The SMILES string of the molecule is COc1cccc(NS(=O)(=O)c2ccc3c(c2)N(C)C(=O)CC(=O)N3C)c1. The van der Waals surface area contributed by atoms with Crippen LogP contribution in [-0.2, 0) is 19.6 Å². The van der Waals surface area contributed by atoms with Gasteiger partial charge < -0.3 is 14.5 Å². The van der Waals surface area contributed by atoms with Crippen molar-refractivity contribution in [3.63, 3.8) is 0 Å². The minimum atomic E-state index is -3.90. The minimum absolute atomic E-state index is 0.0218. The largest absolute Gasteiger partial charge is 0.497 e. The van der Waals surface area contributed by atoms with Crippen LogP contribution in [0.3, 0.4) is 0 Å². The van der Waals surface area contributed by atoms with Gasteiger partial charge in [-0.25, -0.2) is 8.42 Å². The maximum absolute atomic E-state index is 12.8. The molecule has 1 heterocycles. The lowest BCUT2D eigenvalue weighted by Crippen LogP contribution is -2.28. The number of carbonyl (C=O) groups excluding carboxylic acids is 2. The highest BCUT2D eigenvalue weighted by Crippen LogP contribution is 2.34. The van der Waals surface area contributed by atoms with Gasteiger partial charge in [-0.05, 0) is 30.3 Å². The van der Waals surface area contributed by atoms with Crippen LogP contribution in [0.25, 0.3) is 0 Å². The molecule has 0 radical (unpaired) electrons. The van der Waals surface area contributed by atoms with Gasteiger partial charge in [0.25, 0.3) is 10.0 Å². The van der Waals surface area contributed by atoms with E-state index in [1.54, 1.807) is 31.3 Å². The first-order chi connectivity index (χ1) is 12.7. The number of carbonyl (C=O) groups is 2. The van der Waals surface area contributed by atoms with Gasteiger partial charge in [0.2, 0.25) is 11.8 Å². The number of ether oxygens (including phenoxy) is 1. The smallest absolute Gasteiger partial charge is 0.261 e. The number of sulfonamides is 1. The quantitative estimate of drug-likeness (QED) is 0.805. The summed E-state index contributed by atoms with van der Waals surface area (Å²) in [4.78, 5) is 26.8. The van der Waals surface area contributed by atoms with Crippen molar-refractivity contribution in [1.82, 2.24) is 0 Å². The summed E-state index contributed by atoms with van der Waals surface area (Å²) in [7, 11) is 0.653. The van der Waals surface area contributed by atoms with Gasteiger partial charge in [0.1, 0.15) is 12.2 Å². The Hall–Kier alpha value is -3.07. The summed E-state index contributed by atoms with van der Waals surface area (Å²) in [5.41, 5.74) is 1.16. The Balaban J connectivity index is 2.01. The summed E-state index contributed by atoms with van der Waals surface area (Å²) >= 11 is 0. The van der Waals surface area contributed by atoms with Gasteiger partial charge in [0, 0.05) is 20.2 Å². The first kappa shape index (κ1) is 18.7. The van der Waals surface area contributed by atoms with Crippen molar-refractivity contribution in [1.29, 1.82) is 0 Å². The molecule has 8 nitrogen and oxygen atoms in total. The van der Waals surface area contributed by atoms with Gasteiger partial charge in [-0.3, -0.25) is 14.3 Å². The molecule has 0 atom stereocenters. The molecule has 9 heteroatoms. The number of amides is 2. The van der Waals surface area contributed by atoms with E-state index in [4.69, 9.17) is 4.74 Å². The van der Waals surface area contributed by atoms with Crippen LogP contribution in [0.2, 0.25) is 0 Å². The number of rotatable bonds is 4. The van der Waals surface area contributed by atoms with Crippen LogP contribution in [0.15, 0.2) is 47.4 Å². The molecule has 2 aromatic rings. The normalized spacial score (nSPS) is 14.6. The predicted octanol–water partition coefficient (Wildman–Crippen LogP) is 1.83. The van der Waals surface area contributed by atoms with E-state index in [0.717, 1.165) is 0 Å². The maximum atomic E-state index is 12.8. The molecule has 3 rings (SSSR count). The molecule has 2 amide bonds. The number of methoxy groups -OCH3 is 1. The summed E-state index contributed by atoms with van der Waals surface area (Å²) in [5.74, 6) is -0.237. The standard InChI is InChI=1S/C18H19N3O5S/c1-20-15-8-7-14(10-16(15)21(2)18(23)11-17(20)22)27(24,25)19-12-5-4-6-13(9-12)26-3/h4-10,19H,11H2,1-3H3. The summed E-state index contributed by atoms with van der Waals surface area (Å²) in [6, 6.07) is 10.8. The number of nitrogens with one attached hydrogen (secondary N) is 1. The van der Waals surface area contributed by atoms with E-state index in [2.05, 4.69) is 4.72 Å². The highest BCUT2D eigenvalue weighted by atomic mass is 32.2. The molecule has 1 aliphatic rings. The number of hydrogen-bond donors (Lipinski definition) is 1. The second-order valence-corrected chi connectivity index (χ2v) is 7.75.